The number of hydrogen-bond donors (Lipinski definition) is 2. The summed E-state index contributed by atoms with van der Waals surface area (Å²) in [5, 5.41) is 11.9. The molecule has 1 aromatic rings. The molecule has 0 radical (unpaired) electrons. The number of imide groups is 1. The topological polar surface area (TPSA) is 137 Å². The Morgan fingerprint density at radius 2 is 1.76 bits per heavy atom. The van der Waals surface area contributed by atoms with Crippen LogP contribution in [0.15, 0.2) is 18.2 Å². The van der Waals surface area contributed by atoms with Crippen LogP contribution in [0.4, 0.5) is 5.69 Å². The zero-order valence-electron chi connectivity index (χ0n) is 19.7. The fourth-order valence-corrected chi connectivity index (χ4v) is 4.85. The number of likely N-dealkylation sites (N-methyl/N-ethyl adjacent to an activating group) is 1. The number of rotatable bonds is 11. The molecule has 11 nitrogen and oxygen atoms in total. The van der Waals surface area contributed by atoms with E-state index in [2.05, 4.69) is 15.1 Å². The number of amides is 2. The molecular formula is C22H32N4O7S. The van der Waals surface area contributed by atoms with Gasteiger partial charge in [0.15, 0.2) is 0 Å². The highest BCUT2D eigenvalue weighted by molar-refractivity contribution is 7.86. The number of nitrogens with zero attached hydrogens (tertiary/aromatic N) is 3. The summed E-state index contributed by atoms with van der Waals surface area (Å²) in [6.07, 6.45) is -0.187. The normalized spacial score (nSPS) is 17.8. The van der Waals surface area contributed by atoms with Crippen molar-refractivity contribution in [2.75, 3.05) is 64.1 Å². The molecular weight excluding hydrogens is 464 g/mol. The van der Waals surface area contributed by atoms with Crippen molar-refractivity contribution >= 4 is 33.6 Å². The van der Waals surface area contributed by atoms with E-state index < -0.39 is 33.3 Å². The van der Waals surface area contributed by atoms with Crippen molar-refractivity contribution in [1.29, 1.82) is 0 Å². The van der Waals surface area contributed by atoms with Crippen molar-refractivity contribution in [3.8, 4) is 0 Å². The lowest BCUT2D eigenvalue weighted by atomic mass is 9.89. The molecule has 0 aromatic heterocycles. The molecule has 2 aliphatic heterocycles. The fraction of sp³-hybridized carbons (Fsp3) is 0.591. The number of piperazine rings is 1. The number of carbonyl (C=O) groups excluding carboxylic acids is 2. The van der Waals surface area contributed by atoms with E-state index in [0.29, 0.717) is 12.2 Å². The minimum atomic E-state index is -3.73. The van der Waals surface area contributed by atoms with Crippen molar-refractivity contribution in [2.45, 2.75) is 20.3 Å². The van der Waals surface area contributed by atoms with Gasteiger partial charge in [-0.3, -0.25) is 24.2 Å². The predicted molar refractivity (Wildman–Crippen MR) is 125 cm³/mol. The number of benzene rings is 1. The average molecular weight is 497 g/mol. The molecule has 0 unspecified atom stereocenters. The van der Waals surface area contributed by atoms with Gasteiger partial charge in [0.05, 0.1) is 23.3 Å². The van der Waals surface area contributed by atoms with E-state index in [1.807, 2.05) is 7.05 Å². The first kappa shape index (κ1) is 26.1. The van der Waals surface area contributed by atoms with Crippen molar-refractivity contribution in [3.63, 3.8) is 0 Å². The quantitative estimate of drug-likeness (QED) is 0.256. The number of aliphatic carboxylic acids is 1. The summed E-state index contributed by atoms with van der Waals surface area (Å²) in [5.41, 5.74) is 0.0503. The Balaban J connectivity index is 1.54. The Labute approximate surface area is 199 Å². The summed E-state index contributed by atoms with van der Waals surface area (Å²) in [6, 6.07) is 4.53. The number of carboxylic acids is 1. The van der Waals surface area contributed by atoms with Crippen LogP contribution in [0.2, 0.25) is 0 Å². The summed E-state index contributed by atoms with van der Waals surface area (Å²) in [6.45, 7) is 6.86. The van der Waals surface area contributed by atoms with Gasteiger partial charge in [0, 0.05) is 45.0 Å². The third kappa shape index (κ3) is 6.75. The van der Waals surface area contributed by atoms with Crippen LogP contribution in [-0.4, -0.2) is 105 Å². The van der Waals surface area contributed by atoms with Crippen LogP contribution in [0, 0.1) is 5.41 Å². The van der Waals surface area contributed by atoms with Gasteiger partial charge < -0.3 is 15.3 Å². The van der Waals surface area contributed by atoms with Crippen LogP contribution in [0.25, 0.3) is 0 Å². The van der Waals surface area contributed by atoms with Crippen LogP contribution in [0.1, 0.15) is 41.0 Å². The number of carboxylic acid groups (broad SMARTS) is 1. The molecule has 1 fully saturated rings. The number of nitrogens with one attached hydrogen (secondary N) is 1. The van der Waals surface area contributed by atoms with E-state index >= 15 is 0 Å². The van der Waals surface area contributed by atoms with Crippen molar-refractivity contribution in [3.05, 3.63) is 29.3 Å². The van der Waals surface area contributed by atoms with E-state index in [4.69, 9.17) is 9.29 Å². The van der Waals surface area contributed by atoms with Crippen LogP contribution >= 0.6 is 0 Å². The minimum absolute atomic E-state index is 0.0247. The Morgan fingerprint density at radius 3 is 2.41 bits per heavy atom. The first-order valence-corrected chi connectivity index (χ1v) is 12.7. The smallest absolute Gasteiger partial charge is 0.303 e. The highest BCUT2D eigenvalue weighted by atomic mass is 32.2. The van der Waals surface area contributed by atoms with Gasteiger partial charge in [0.25, 0.3) is 21.9 Å². The molecule has 188 valence electrons. The minimum Gasteiger partial charge on any atom is -0.481 e. The second-order valence-electron chi connectivity index (χ2n) is 9.54. The van der Waals surface area contributed by atoms with E-state index in [1.54, 1.807) is 19.9 Å². The van der Waals surface area contributed by atoms with E-state index in [9.17, 15) is 22.8 Å². The average Bonchev–Trinajstić information content (AvgIpc) is 2.96. The first-order chi connectivity index (χ1) is 15.9. The Hall–Kier alpha value is -2.54. The van der Waals surface area contributed by atoms with Crippen LogP contribution < -0.4 is 5.32 Å². The molecule has 34 heavy (non-hydrogen) atoms. The van der Waals surface area contributed by atoms with Gasteiger partial charge in [-0.05, 0) is 30.7 Å². The summed E-state index contributed by atoms with van der Waals surface area (Å²) in [7, 11) is -1.70. The molecule has 0 bridgehead atoms. The largest absolute Gasteiger partial charge is 0.481 e. The molecule has 1 aromatic carbocycles. The lowest BCUT2D eigenvalue weighted by molar-refractivity contribution is -0.139. The van der Waals surface area contributed by atoms with Crippen molar-refractivity contribution in [2.24, 2.45) is 5.41 Å². The third-order valence-corrected chi connectivity index (χ3v) is 7.11. The van der Waals surface area contributed by atoms with E-state index in [-0.39, 0.29) is 36.6 Å². The standard InChI is InChI=1S/C22H32N4O7S/c1-22(2,13-19(27)28)14-26-20(29)17-5-4-16(12-18(17)21(26)30)23-15-33-34(31,32)11-10-25-8-6-24(3)7-9-25/h4-5,12,23H,6-11,13-15H2,1-3H3,(H,27,28). The maximum atomic E-state index is 12.8. The highest BCUT2D eigenvalue weighted by Gasteiger charge is 2.39. The Morgan fingerprint density at radius 1 is 1.12 bits per heavy atom. The summed E-state index contributed by atoms with van der Waals surface area (Å²) in [4.78, 5) is 41.9. The number of hydrogen-bond acceptors (Lipinski definition) is 9. The SMILES string of the molecule is CN1CCN(CCS(=O)(=O)OCNc2ccc3c(c2)C(=O)N(CC(C)(C)CC(=O)O)C3=O)CC1. The Kier molecular flexibility index (Phi) is 7.96. The zero-order valence-corrected chi connectivity index (χ0v) is 20.6. The lowest BCUT2D eigenvalue weighted by Crippen LogP contribution is -2.46. The third-order valence-electron chi connectivity index (χ3n) is 5.95. The molecule has 12 heteroatoms. The molecule has 0 aliphatic carbocycles. The second kappa shape index (κ2) is 10.4. The molecule has 1 saturated heterocycles. The monoisotopic (exact) mass is 496 g/mol. The zero-order chi connectivity index (χ0) is 25.1. The fourth-order valence-electron chi connectivity index (χ4n) is 4.01. The van der Waals surface area contributed by atoms with Gasteiger partial charge in [-0.15, -0.1) is 0 Å². The van der Waals surface area contributed by atoms with Gasteiger partial charge >= 0.3 is 5.97 Å². The van der Waals surface area contributed by atoms with Crippen LogP contribution in [0.5, 0.6) is 0 Å². The predicted octanol–water partition coefficient (Wildman–Crippen LogP) is 0.747. The molecule has 0 atom stereocenters. The lowest BCUT2D eigenvalue weighted by Gasteiger charge is -2.32. The number of carbonyl (C=O) groups is 3. The van der Waals surface area contributed by atoms with Crippen molar-refractivity contribution in [1.82, 2.24) is 14.7 Å². The van der Waals surface area contributed by atoms with E-state index in [1.165, 1.54) is 12.1 Å². The van der Waals surface area contributed by atoms with Gasteiger partial charge in [-0.2, -0.15) is 8.42 Å². The molecule has 2 heterocycles. The highest BCUT2D eigenvalue weighted by Crippen LogP contribution is 2.30. The first-order valence-electron chi connectivity index (χ1n) is 11.1. The molecule has 2 N–H and O–H groups in total. The summed E-state index contributed by atoms with van der Waals surface area (Å²) < 4.78 is 29.5. The summed E-state index contributed by atoms with van der Waals surface area (Å²) >= 11 is 0. The van der Waals surface area contributed by atoms with Crippen molar-refractivity contribution < 1.29 is 32.1 Å². The van der Waals surface area contributed by atoms with Gasteiger partial charge in [0.2, 0.25) is 0 Å². The molecule has 2 aliphatic rings. The Bertz CT molecular complexity index is 1050. The number of anilines is 1. The molecule has 0 spiro atoms. The molecule has 2 amide bonds. The number of fused-ring (bicyclic) bond motifs is 1. The maximum Gasteiger partial charge on any atom is 0.303 e. The summed E-state index contributed by atoms with van der Waals surface area (Å²) in [5.74, 6) is -2.11. The van der Waals surface area contributed by atoms with Crippen LogP contribution in [-0.2, 0) is 19.1 Å². The van der Waals surface area contributed by atoms with E-state index in [0.717, 1.165) is 31.1 Å². The maximum absolute atomic E-state index is 12.8. The molecule has 3 rings (SSSR count). The van der Waals surface area contributed by atoms with Gasteiger partial charge in [-0.25, -0.2) is 4.18 Å². The van der Waals surface area contributed by atoms with Gasteiger partial charge in [-0.1, -0.05) is 13.8 Å². The van der Waals surface area contributed by atoms with Gasteiger partial charge in [0.1, 0.15) is 6.73 Å². The van der Waals surface area contributed by atoms with Crippen LogP contribution in [0.3, 0.4) is 0 Å². The second-order valence-corrected chi connectivity index (χ2v) is 11.3. The molecule has 0 saturated carbocycles.